The van der Waals surface area contributed by atoms with Crippen LogP contribution >= 0.6 is 0 Å². The van der Waals surface area contributed by atoms with E-state index in [1.807, 2.05) is 12.1 Å². The summed E-state index contributed by atoms with van der Waals surface area (Å²) in [6, 6.07) is 19.1. The van der Waals surface area contributed by atoms with E-state index in [4.69, 9.17) is 5.73 Å². The molecule has 0 fully saturated rings. The van der Waals surface area contributed by atoms with Gasteiger partial charge in [0.15, 0.2) is 0 Å². The van der Waals surface area contributed by atoms with Crippen molar-refractivity contribution in [2.75, 3.05) is 5.73 Å². The van der Waals surface area contributed by atoms with Crippen molar-refractivity contribution in [3.8, 4) is 0 Å². The van der Waals surface area contributed by atoms with Gasteiger partial charge < -0.3 is 5.73 Å². The van der Waals surface area contributed by atoms with Crippen LogP contribution < -0.4 is 5.73 Å². The van der Waals surface area contributed by atoms with E-state index in [0.29, 0.717) is 0 Å². The Morgan fingerprint density at radius 2 is 1.41 bits per heavy atom. The van der Waals surface area contributed by atoms with Crippen molar-refractivity contribution in [1.29, 1.82) is 0 Å². The number of aryl methyl sites for hydroxylation is 1. The molecule has 1 atom stereocenters. The van der Waals surface area contributed by atoms with E-state index in [1.165, 1.54) is 17.5 Å². The van der Waals surface area contributed by atoms with E-state index in [9.17, 15) is 0 Å². The second-order valence-corrected chi connectivity index (χ2v) is 6.23. The molecule has 1 nitrogen and oxygen atoms in total. The average molecular weight is 297 g/mol. The Balaban J connectivity index is 0.000000745. The molecule has 0 amide bonds. The molecule has 0 heterocycles. The Hall–Kier alpha value is -1.76. The molecule has 120 valence electrons. The Labute approximate surface area is 136 Å². The first-order valence-corrected chi connectivity index (χ1v) is 8.45. The molecule has 0 spiro atoms. The molecular formula is C21H31N. The molecule has 0 aliphatic heterocycles. The fourth-order valence-electron chi connectivity index (χ4n) is 2.47. The zero-order valence-electron chi connectivity index (χ0n) is 14.6. The van der Waals surface area contributed by atoms with Crippen LogP contribution in [-0.4, -0.2) is 0 Å². The summed E-state index contributed by atoms with van der Waals surface area (Å²) in [6.45, 7) is 8.88. The lowest BCUT2D eigenvalue weighted by Gasteiger charge is -2.29. The lowest BCUT2D eigenvalue weighted by Crippen LogP contribution is -2.21. The summed E-state index contributed by atoms with van der Waals surface area (Å²) >= 11 is 0. The number of anilines is 1. The van der Waals surface area contributed by atoms with Crippen LogP contribution in [0.1, 0.15) is 58.1 Å². The third-order valence-corrected chi connectivity index (χ3v) is 4.20. The summed E-state index contributed by atoms with van der Waals surface area (Å²) in [5, 5.41) is 0. The molecule has 0 saturated carbocycles. The summed E-state index contributed by atoms with van der Waals surface area (Å²) in [5.74, 6) is 0. The van der Waals surface area contributed by atoms with E-state index in [1.54, 1.807) is 0 Å². The van der Waals surface area contributed by atoms with Crippen molar-refractivity contribution in [2.45, 2.75) is 58.8 Å². The number of benzene rings is 2. The Morgan fingerprint density at radius 1 is 0.864 bits per heavy atom. The summed E-state index contributed by atoms with van der Waals surface area (Å²) < 4.78 is 0. The van der Waals surface area contributed by atoms with E-state index < -0.39 is 0 Å². The van der Waals surface area contributed by atoms with Crippen LogP contribution in [0.4, 0.5) is 5.69 Å². The summed E-state index contributed by atoms with van der Waals surface area (Å²) in [7, 11) is 0. The Kier molecular flexibility index (Phi) is 7.73. The summed E-state index contributed by atoms with van der Waals surface area (Å²) in [5.41, 5.74) is 9.62. The van der Waals surface area contributed by atoms with Gasteiger partial charge in [0.05, 0.1) is 0 Å². The van der Waals surface area contributed by atoms with E-state index in [-0.39, 0.29) is 5.41 Å². The standard InChI is InChI=1S/C18H23N.C3H8/c1-3-18(2,16-7-5-4-6-8-16)14-13-15-9-11-17(19)12-10-15;1-3-2/h4-12H,3,13-14,19H2,1-2H3;3H2,1-2H3. The van der Waals surface area contributed by atoms with E-state index >= 15 is 0 Å². The molecule has 1 unspecified atom stereocenters. The van der Waals surface area contributed by atoms with Gasteiger partial charge in [-0.2, -0.15) is 0 Å². The van der Waals surface area contributed by atoms with Gasteiger partial charge in [-0.1, -0.05) is 76.6 Å². The Bertz CT molecular complexity index is 515. The smallest absolute Gasteiger partial charge is 0.0314 e. The molecule has 1 heteroatoms. The average Bonchev–Trinajstić information content (AvgIpc) is 2.55. The second kappa shape index (κ2) is 9.30. The molecule has 2 aromatic rings. The highest BCUT2D eigenvalue weighted by Gasteiger charge is 2.23. The van der Waals surface area contributed by atoms with Crippen LogP contribution in [0.15, 0.2) is 54.6 Å². The third kappa shape index (κ3) is 5.55. The highest BCUT2D eigenvalue weighted by molar-refractivity contribution is 5.39. The highest BCUT2D eigenvalue weighted by Crippen LogP contribution is 2.32. The summed E-state index contributed by atoms with van der Waals surface area (Å²) in [6.07, 6.45) is 4.67. The molecule has 2 rings (SSSR count). The van der Waals surface area contributed by atoms with Gasteiger partial charge in [-0.15, -0.1) is 0 Å². The monoisotopic (exact) mass is 297 g/mol. The number of nitrogen functional groups attached to an aromatic ring is 1. The first-order valence-electron chi connectivity index (χ1n) is 8.45. The van der Waals surface area contributed by atoms with E-state index in [0.717, 1.165) is 24.9 Å². The molecule has 0 aliphatic rings. The minimum atomic E-state index is 0.253. The van der Waals surface area contributed by atoms with Crippen LogP contribution in [-0.2, 0) is 11.8 Å². The molecule has 0 aliphatic carbocycles. The van der Waals surface area contributed by atoms with Gasteiger partial charge in [-0.05, 0) is 47.9 Å². The van der Waals surface area contributed by atoms with Crippen molar-refractivity contribution >= 4 is 5.69 Å². The van der Waals surface area contributed by atoms with Crippen molar-refractivity contribution in [3.63, 3.8) is 0 Å². The van der Waals surface area contributed by atoms with Crippen LogP contribution in [0.5, 0.6) is 0 Å². The molecule has 0 radical (unpaired) electrons. The van der Waals surface area contributed by atoms with E-state index in [2.05, 4.69) is 70.2 Å². The third-order valence-electron chi connectivity index (χ3n) is 4.20. The minimum absolute atomic E-state index is 0.253. The normalized spacial score (nSPS) is 12.9. The maximum Gasteiger partial charge on any atom is 0.0314 e. The van der Waals surface area contributed by atoms with Gasteiger partial charge in [0, 0.05) is 5.69 Å². The number of hydrogen-bond donors (Lipinski definition) is 1. The van der Waals surface area contributed by atoms with Gasteiger partial charge in [0.1, 0.15) is 0 Å². The van der Waals surface area contributed by atoms with Gasteiger partial charge in [-0.3, -0.25) is 0 Å². The number of rotatable bonds is 5. The van der Waals surface area contributed by atoms with Gasteiger partial charge in [-0.25, -0.2) is 0 Å². The van der Waals surface area contributed by atoms with Gasteiger partial charge in [0.25, 0.3) is 0 Å². The SMILES string of the molecule is CCC.CCC(C)(CCc1ccc(N)cc1)c1ccccc1. The second-order valence-electron chi connectivity index (χ2n) is 6.23. The number of hydrogen-bond acceptors (Lipinski definition) is 1. The molecule has 0 saturated heterocycles. The quantitative estimate of drug-likeness (QED) is 0.674. The topological polar surface area (TPSA) is 26.0 Å². The highest BCUT2D eigenvalue weighted by atomic mass is 14.5. The van der Waals surface area contributed by atoms with Crippen molar-refractivity contribution in [1.82, 2.24) is 0 Å². The molecular weight excluding hydrogens is 266 g/mol. The first-order chi connectivity index (χ1) is 10.6. The minimum Gasteiger partial charge on any atom is -0.399 e. The van der Waals surface area contributed by atoms with Gasteiger partial charge in [0.2, 0.25) is 0 Å². The first kappa shape index (κ1) is 18.3. The molecule has 2 N–H and O–H groups in total. The van der Waals surface area contributed by atoms with Crippen molar-refractivity contribution in [3.05, 3.63) is 65.7 Å². The summed E-state index contributed by atoms with van der Waals surface area (Å²) in [4.78, 5) is 0. The maximum absolute atomic E-state index is 5.73. The van der Waals surface area contributed by atoms with Crippen molar-refractivity contribution < 1.29 is 0 Å². The maximum atomic E-state index is 5.73. The zero-order valence-corrected chi connectivity index (χ0v) is 14.6. The zero-order chi connectivity index (χ0) is 16.4. The molecule has 0 aromatic heterocycles. The predicted molar refractivity (Wildman–Crippen MR) is 99.2 cm³/mol. The number of nitrogens with two attached hydrogens (primary N) is 1. The molecule has 0 bridgehead atoms. The fourth-order valence-corrected chi connectivity index (χ4v) is 2.47. The van der Waals surface area contributed by atoms with Crippen LogP contribution in [0.2, 0.25) is 0 Å². The lowest BCUT2D eigenvalue weighted by atomic mass is 9.76. The molecule has 22 heavy (non-hydrogen) atoms. The largest absolute Gasteiger partial charge is 0.399 e. The van der Waals surface area contributed by atoms with Crippen LogP contribution in [0, 0.1) is 0 Å². The fraction of sp³-hybridized carbons (Fsp3) is 0.429. The van der Waals surface area contributed by atoms with Crippen LogP contribution in [0.3, 0.4) is 0 Å². The van der Waals surface area contributed by atoms with Gasteiger partial charge >= 0.3 is 0 Å². The molecule has 2 aromatic carbocycles. The predicted octanol–water partition coefficient (Wildman–Crippen LogP) is 5.99. The Morgan fingerprint density at radius 3 is 1.91 bits per heavy atom. The van der Waals surface area contributed by atoms with Crippen molar-refractivity contribution in [2.24, 2.45) is 0 Å². The van der Waals surface area contributed by atoms with Crippen LogP contribution in [0.25, 0.3) is 0 Å². The lowest BCUT2D eigenvalue weighted by molar-refractivity contribution is 0.419.